The van der Waals surface area contributed by atoms with Crippen molar-refractivity contribution in [2.75, 3.05) is 5.32 Å². The number of carbonyl (C=O) groups excluding carboxylic acids is 1. The van der Waals surface area contributed by atoms with Crippen LogP contribution in [0.15, 0.2) is 11.1 Å². The highest BCUT2D eigenvalue weighted by Crippen LogP contribution is 2.71. The zero-order chi connectivity index (χ0) is 24.5. The molecule has 0 spiro atoms. The molecule has 0 aliphatic heterocycles. The number of rotatable bonds is 6. The number of hydrogen-bond acceptors (Lipinski definition) is 5. The van der Waals surface area contributed by atoms with Crippen LogP contribution in [-0.2, 0) is 9.22 Å². The van der Waals surface area contributed by atoms with Gasteiger partial charge in [0, 0.05) is 11.3 Å². The van der Waals surface area contributed by atoms with Crippen LogP contribution < -0.4 is 10.9 Å². The van der Waals surface area contributed by atoms with E-state index in [0.717, 1.165) is 12.8 Å². The van der Waals surface area contributed by atoms with E-state index in [-0.39, 0.29) is 45.3 Å². The number of alkyl halides is 1. The normalized spacial score (nSPS) is 29.5. The number of aromatic nitrogens is 4. The first kappa shape index (κ1) is 24.1. The fourth-order valence-electron chi connectivity index (χ4n) is 4.95. The van der Waals surface area contributed by atoms with E-state index >= 15 is 4.39 Å². The Bertz CT molecular complexity index is 1140. The van der Waals surface area contributed by atoms with Gasteiger partial charge in [-0.2, -0.15) is 4.98 Å². The number of aromatic amines is 1. The summed E-state index contributed by atoms with van der Waals surface area (Å²) in [6, 6.07) is -0.507. The van der Waals surface area contributed by atoms with Crippen molar-refractivity contribution in [3.05, 3.63) is 16.7 Å². The maximum Gasteiger partial charge on any atom is 0.280 e. The lowest BCUT2D eigenvalue weighted by molar-refractivity contribution is -0.118. The molecular weight excluding hydrogens is 441 g/mol. The lowest BCUT2D eigenvalue weighted by Gasteiger charge is -2.41. The van der Waals surface area contributed by atoms with Crippen molar-refractivity contribution in [1.29, 1.82) is 0 Å². The smallest absolute Gasteiger partial charge is 0.280 e. The van der Waals surface area contributed by atoms with E-state index in [1.54, 1.807) is 18.4 Å². The predicted molar refractivity (Wildman–Crippen MR) is 128 cm³/mol. The van der Waals surface area contributed by atoms with Crippen LogP contribution in [0.25, 0.3) is 11.2 Å². The molecule has 0 saturated heterocycles. The van der Waals surface area contributed by atoms with Crippen LogP contribution in [0.4, 0.5) is 10.3 Å². The summed E-state index contributed by atoms with van der Waals surface area (Å²) in [5.41, 5.74) is -0.235. The average molecular weight is 478 g/mol. The number of imidazole rings is 1. The Kier molecular flexibility index (Phi) is 5.63. The van der Waals surface area contributed by atoms with E-state index in [4.69, 9.17) is 4.43 Å². The summed E-state index contributed by atoms with van der Waals surface area (Å²) in [5, 5.41) is 2.61. The fraction of sp³-hybridized carbons (Fsp3) is 0.739. The van der Waals surface area contributed by atoms with Crippen molar-refractivity contribution in [1.82, 2.24) is 19.5 Å². The molecule has 1 amide bonds. The molecule has 2 aliphatic rings. The number of carbonyl (C=O) groups is 1. The number of H-pyrrole nitrogens is 1. The number of nitrogens with zero attached hydrogens (tertiary/aromatic N) is 3. The first-order valence-corrected chi connectivity index (χ1v) is 14.7. The van der Waals surface area contributed by atoms with Crippen LogP contribution in [-0.4, -0.2) is 46.0 Å². The number of amides is 1. The second kappa shape index (κ2) is 7.73. The molecule has 8 nitrogen and oxygen atoms in total. The van der Waals surface area contributed by atoms with Gasteiger partial charge in [0.25, 0.3) is 5.56 Å². The highest BCUT2D eigenvalue weighted by atomic mass is 28.4. The van der Waals surface area contributed by atoms with E-state index in [0.29, 0.717) is 0 Å². The minimum absolute atomic E-state index is 0.0236. The first-order chi connectivity index (χ1) is 15.2. The lowest BCUT2D eigenvalue weighted by atomic mass is 9.97. The van der Waals surface area contributed by atoms with Gasteiger partial charge >= 0.3 is 0 Å². The standard InChI is InChI=1S/C23H36FN5O3Si/c1-9-23-10-13(23)16(14(24)17(23)32-33(7,8)22(4,5)6)29-11-25-15-18(29)26-21(28-20(15)31)27-19(30)12(2)3/h11-14,16-17H,9-10H2,1-8H3,(H2,26,27,28,30,31)/t13-,14+,16-,17+,23-/m1/s1. The summed E-state index contributed by atoms with van der Waals surface area (Å²) < 4.78 is 24.5. The highest BCUT2D eigenvalue weighted by molar-refractivity contribution is 6.74. The Balaban J connectivity index is 1.72. The molecule has 2 aromatic heterocycles. The molecule has 0 aromatic carbocycles. The Morgan fingerprint density at radius 1 is 1.42 bits per heavy atom. The Morgan fingerprint density at radius 3 is 2.67 bits per heavy atom. The number of anilines is 1. The van der Waals surface area contributed by atoms with Gasteiger partial charge in [0.1, 0.15) is 6.17 Å². The van der Waals surface area contributed by atoms with Crippen molar-refractivity contribution >= 4 is 31.3 Å². The Hall–Kier alpha value is -2.07. The second-order valence-electron chi connectivity index (χ2n) is 11.5. The number of halogens is 1. The van der Waals surface area contributed by atoms with Crippen molar-refractivity contribution in [2.24, 2.45) is 17.3 Å². The van der Waals surface area contributed by atoms with Gasteiger partial charge in [0.2, 0.25) is 11.9 Å². The van der Waals surface area contributed by atoms with Gasteiger partial charge in [0.15, 0.2) is 19.5 Å². The van der Waals surface area contributed by atoms with Crippen LogP contribution >= 0.6 is 0 Å². The molecule has 0 radical (unpaired) electrons. The zero-order valence-corrected chi connectivity index (χ0v) is 21.8. The minimum Gasteiger partial charge on any atom is -0.410 e. The third kappa shape index (κ3) is 3.75. The monoisotopic (exact) mass is 477 g/mol. The van der Waals surface area contributed by atoms with Crippen LogP contribution in [0.3, 0.4) is 0 Å². The average Bonchev–Trinajstić information content (AvgIpc) is 3.20. The Morgan fingerprint density at radius 2 is 2.09 bits per heavy atom. The zero-order valence-electron chi connectivity index (χ0n) is 20.8. The maximum atomic E-state index is 16.2. The highest BCUT2D eigenvalue weighted by Gasteiger charge is 2.72. The van der Waals surface area contributed by atoms with Crippen LogP contribution in [0.2, 0.25) is 18.1 Å². The molecule has 2 saturated carbocycles. The summed E-state index contributed by atoms with van der Waals surface area (Å²) >= 11 is 0. The van der Waals surface area contributed by atoms with Crippen molar-refractivity contribution < 1.29 is 13.6 Å². The number of fused-ring (bicyclic) bond motifs is 2. The summed E-state index contributed by atoms with van der Waals surface area (Å²) in [6.07, 6.45) is 1.51. The van der Waals surface area contributed by atoms with Crippen LogP contribution in [0.5, 0.6) is 0 Å². The van der Waals surface area contributed by atoms with Crippen molar-refractivity contribution in [3.63, 3.8) is 0 Å². The molecule has 33 heavy (non-hydrogen) atoms. The number of nitrogens with one attached hydrogen (secondary N) is 2. The van der Waals surface area contributed by atoms with Crippen LogP contribution in [0, 0.1) is 17.3 Å². The van der Waals surface area contributed by atoms with Gasteiger partial charge in [0.05, 0.1) is 18.5 Å². The molecule has 0 bridgehead atoms. The largest absolute Gasteiger partial charge is 0.410 e. The van der Waals surface area contributed by atoms with E-state index in [1.165, 1.54) is 6.33 Å². The van der Waals surface area contributed by atoms with E-state index in [2.05, 4.69) is 61.1 Å². The summed E-state index contributed by atoms with van der Waals surface area (Å²) in [4.78, 5) is 36.0. The molecule has 4 rings (SSSR count). The van der Waals surface area contributed by atoms with Gasteiger partial charge in [-0.1, -0.05) is 41.5 Å². The molecule has 2 N–H and O–H groups in total. The molecule has 2 aliphatic carbocycles. The molecule has 182 valence electrons. The van der Waals surface area contributed by atoms with Crippen molar-refractivity contribution in [3.8, 4) is 0 Å². The first-order valence-electron chi connectivity index (χ1n) is 11.8. The number of hydrogen-bond donors (Lipinski definition) is 2. The molecule has 2 aromatic rings. The molecule has 2 heterocycles. The van der Waals surface area contributed by atoms with Gasteiger partial charge in [-0.25, -0.2) is 9.37 Å². The quantitative estimate of drug-likeness (QED) is 0.600. The van der Waals surface area contributed by atoms with E-state index < -0.39 is 32.2 Å². The van der Waals surface area contributed by atoms with Crippen LogP contribution in [0.1, 0.15) is 60.4 Å². The summed E-state index contributed by atoms with van der Waals surface area (Å²) in [7, 11) is -2.19. The molecule has 2 fully saturated rings. The SMILES string of the molecule is CC[C@@]12C[C@@H]1[C@@H](n1cnc3c(=O)[nH]c(NC(=O)C(C)C)nc31)[C@H](F)[C@@H]2O[Si](C)(C)C(C)(C)C. The topological polar surface area (TPSA) is 102 Å². The van der Waals surface area contributed by atoms with Gasteiger partial charge < -0.3 is 8.99 Å². The molecule has 5 atom stereocenters. The van der Waals surface area contributed by atoms with E-state index in [1.807, 2.05) is 0 Å². The third-order valence-corrected chi connectivity index (χ3v) is 12.6. The van der Waals surface area contributed by atoms with Gasteiger partial charge in [-0.05, 0) is 36.9 Å². The second-order valence-corrected chi connectivity index (χ2v) is 16.3. The minimum atomic E-state index is -2.19. The van der Waals surface area contributed by atoms with Gasteiger partial charge in [-0.15, -0.1) is 0 Å². The molecule has 0 unspecified atom stereocenters. The van der Waals surface area contributed by atoms with Crippen molar-refractivity contribution in [2.45, 2.75) is 90.8 Å². The molecular formula is C23H36FN5O3Si. The third-order valence-electron chi connectivity index (χ3n) is 8.18. The summed E-state index contributed by atoms with van der Waals surface area (Å²) in [5.74, 6) is -0.388. The lowest BCUT2D eigenvalue weighted by Crippen LogP contribution is -2.48. The van der Waals surface area contributed by atoms with E-state index in [9.17, 15) is 9.59 Å². The maximum absolute atomic E-state index is 16.2. The predicted octanol–water partition coefficient (Wildman–Crippen LogP) is 4.41. The fourth-order valence-corrected chi connectivity index (χ4v) is 6.31. The Labute approximate surface area is 194 Å². The van der Waals surface area contributed by atoms with Gasteiger partial charge in [-0.3, -0.25) is 19.9 Å². The summed E-state index contributed by atoms with van der Waals surface area (Å²) in [6.45, 7) is 16.4. The molecule has 10 heteroatoms.